The van der Waals surface area contributed by atoms with Gasteiger partial charge in [-0.25, -0.2) is 0 Å². The highest BCUT2D eigenvalue weighted by atomic mass is 16.3. The molecule has 6 nitrogen and oxygen atoms in total. The number of aromatic amines is 1. The minimum Gasteiger partial charge on any atom is -0.393 e. The highest BCUT2D eigenvalue weighted by molar-refractivity contribution is 6.38. The third-order valence-electron chi connectivity index (χ3n) is 8.32. The van der Waals surface area contributed by atoms with Gasteiger partial charge in [0.25, 0.3) is 0 Å². The van der Waals surface area contributed by atoms with Crippen molar-refractivity contribution in [3.63, 3.8) is 0 Å². The Kier molecular flexibility index (Phi) is 8.36. The normalized spacial score (nSPS) is 21.0. The summed E-state index contributed by atoms with van der Waals surface area (Å²) < 4.78 is 0. The molecule has 5 atom stereocenters. The first kappa shape index (κ1) is 28.6. The summed E-state index contributed by atoms with van der Waals surface area (Å²) in [7, 11) is 0. The molecule has 0 amide bonds. The number of aromatic nitrogens is 1. The van der Waals surface area contributed by atoms with Crippen molar-refractivity contribution in [1.82, 2.24) is 4.98 Å². The Labute approximate surface area is 230 Å². The van der Waals surface area contributed by atoms with Crippen LogP contribution >= 0.6 is 0 Å². The molecule has 1 heterocycles. The first-order valence-electron chi connectivity index (χ1n) is 13.9. The van der Waals surface area contributed by atoms with Gasteiger partial charge in [-0.3, -0.25) is 14.4 Å². The minimum atomic E-state index is -0.619. The van der Waals surface area contributed by atoms with Gasteiger partial charge in [0.05, 0.1) is 11.8 Å². The van der Waals surface area contributed by atoms with Crippen molar-refractivity contribution in [2.24, 2.45) is 23.2 Å². The second kappa shape index (κ2) is 11.4. The molecule has 0 spiro atoms. The maximum absolute atomic E-state index is 13.8. The number of nitrogens with one attached hydrogen (secondary N) is 2. The second-order valence-corrected chi connectivity index (χ2v) is 12.4. The van der Waals surface area contributed by atoms with Crippen molar-refractivity contribution in [3.8, 4) is 0 Å². The number of hydrogen-bond donors (Lipinski definition) is 3. The fraction of sp³-hybridized carbons (Fsp3) is 0.455. The molecule has 0 aliphatic heterocycles. The Bertz CT molecular complexity index is 1400. The predicted octanol–water partition coefficient (Wildman–Crippen LogP) is 6.31. The molecule has 2 unspecified atom stereocenters. The van der Waals surface area contributed by atoms with Crippen LogP contribution in [0.25, 0.3) is 10.8 Å². The molecule has 1 fully saturated rings. The molecule has 4 rings (SSSR count). The largest absolute Gasteiger partial charge is 0.393 e. The number of fused-ring (bicyclic) bond motifs is 1. The zero-order valence-corrected chi connectivity index (χ0v) is 23.6. The van der Waals surface area contributed by atoms with Gasteiger partial charge in [-0.1, -0.05) is 70.2 Å². The number of carbonyl (C=O) groups excluding carboxylic acids is 3. The van der Waals surface area contributed by atoms with Gasteiger partial charge >= 0.3 is 0 Å². The van der Waals surface area contributed by atoms with Crippen LogP contribution in [0.5, 0.6) is 0 Å². The highest BCUT2D eigenvalue weighted by Gasteiger charge is 2.45. The van der Waals surface area contributed by atoms with Crippen LogP contribution in [0.2, 0.25) is 0 Å². The van der Waals surface area contributed by atoms with E-state index in [2.05, 4.69) is 35.3 Å². The summed E-state index contributed by atoms with van der Waals surface area (Å²) in [4.78, 5) is 42.2. The molecule has 0 bridgehead atoms. The topological polar surface area (TPSA) is 111 Å². The van der Waals surface area contributed by atoms with Crippen LogP contribution in [0.1, 0.15) is 81.4 Å². The number of aliphatic hydroxyl groups is 1. The van der Waals surface area contributed by atoms with E-state index in [0.717, 1.165) is 16.6 Å². The van der Waals surface area contributed by atoms with Crippen molar-refractivity contribution < 1.29 is 19.5 Å². The predicted molar refractivity (Wildman–Crippen MR) is 154 cm³/mol. The fourth-order valence-electron chi connectivity index (χ4n) is 5.97. The lowest BCUT2D eigenvalue weighted by molar-refractivity contribution is -0.130. The molecule has 0 saturated heterocycles. The second-order valence-electron chi connectivity index (χ2n) is 12.4. The molecule has 206 valence electrons. The molecule has 3 N–H and O–H groups in total. The highest BCUT2D eigenvalue weighted by Crippen LogP contribution is 2.44. The van der Waals surface area contributed by atoms with E-state index in [-0.39, 0.29) is 41.3 Å². The van der Waals surface area contributed by atoms with Crippen molar-refractivity contribution in [2.45, 2.75) is 72.3 Å². The molecule has 0 radical (unpaired) electrons. The summed E-state index contributed by atoms with van der Waals surface area (Å²) in [5.74, 6) is -1.74. The number of ketones is 3. The van der Waals surface area contributed by atoms with Crippen LogP contribution in [0.3, 0.4) is 0 Å². The average molecular weight is 529 g/mol. The molecular formula is C33H40N2O4. The van der Waals surface area contributed by atoms with Gasteiger partial charge in [-0.05, 0) is 47.1 Å². The summed E-state index contributed by atoms with van der Waals surface area (Å²) in [5, 5.41) is 21.0. The number of H-pyrrole nitrogens is 1. The molecule has 1 saturated carbocycles. The number of aliphatic hydroxyl groups excluding tert-OH is 1. The van der Waals surface area contributed by atoms with Crippen LogP contribution in [0.15, 0.2) is 54.7 Å². The molecule has 39 heavy (non-hydrogen) atoms. The summed E-state index contributed by atoms with van der Waals surface area (Å²) in [5.41, 5.74) is 1.98. The Balaban J connectivity index is 1.51. The molecular weight excluding hydrogens is 488 g/mol. The van der Waals surface area contributed by atoms with Gasteiger partial charge < -0.3 is 15.5 Å². The third kappa shape index (κ3) is 6.44. The van der Waals surface area contributed by atoms with E-state index in [0.29, 0.717) is 24.8 Å². The van der Waals surface area contributed by atoms with Crippen LogP contribution in [0.4, 0.5) is 0 Å². The summed E-state index contributed by atoms with van der Waals surface area (Å²) in [6, 6.07) is 16.3. The van der Waals surface area contributed by atoms with Crippen molar-refractivity contribution in [2.75, 3.05) is 0 Å². The van der Waals surface area contributed by atoms with E-state index in [1.807, 2.05) is 45.9 Å². The summed E-state index contributed by atoms with van der Waals surface area (Å²) in [6.07, 6.45) is 2.59. The van der Waals surface area contributed by atoms with Gasteiger partial charge in [0.1, 0.15) is 5.78 Å². The van der Waals surface area contributed by atoms with Gasteiger partial charge in [0, 0.05) is 54.5 Å². The number of benzene rings is 2. The first-order valence-corrected chi connectivity index (χ1v) is 13.9. The van der Waals surface area contributed by atoms with E-state index in [1.165, 1.54) is 12.3 Å². The molecule has 3 aromatic rings. The van der Waals surface area contributed by atoms with Crippen LogP contribution in [-0.4, -0.2) is 39.3 Å². The van der Waals surface area contributed by atoms with Gasteiger partial charge in [-0.2, -0.15) is 0 Å². The van der Waals surface area contributed by atoms with Crippen molar-refractivity contribution in [1.29, 1.82) is 5.41 Å². The van der Waals surface area contributed by atoms with E-state index in [1.54, 1.807) is 6.20 Å². The Morgan fingerprint density at radius 2 is 1.74 bits per heavy atom. The van der Waals surface area contributed by atoms with Crippen LogP contribution < -0.4 is 0 Å². The van der Waals surface area contributed by atoms with E-state index in [4.69, 9.17) is 5.41 Å². The lowest BCUT2D eigenvalue weighted by Crippen LogP contribution is -2.37. The van der Waals surface area contributed by atoms with Crippen LogP contribution in [0, 0.1) is 28.6 Å². The lowest BCUT2D eigenvalue weighted by Gasteiger charge is -2.33. The Morgan fingerprint density at radius 1 is 1.05 bits per heavy atom. The van der Waals surface area contributed by atoms with Gasteiger partial charge in [0.2, 0.25) is 0 Å². The smallest absolute Gasteiger partial charge is 0.173 e. The van der Waals surface area contributed by atoms with E-state index in [9.17, 15) is 19.5 Å². The Morgan fingerprint density at radius 3 is 2.41 bits per heavy atom. The molecule has 1 aromatic heterocycles. The zero-order valence-electron chi connectivity index (χ0n) is 23.6. The van der Waals surface area contributed by atoms with Gasteiger partial charge in [0.15, 0.2) is 11.6 Å². The molecule has 6 heteroatoms. The quantitative estimate of drug-likeness (QED) is 0.211. The number of carbonyl (C=O) groups is 3. The summed E-state index contributed by atoms with van der Waals surface area (Å²) in [6.45, 7) is 9.14. The maximum Gasteiger partial charge on any atom is 0.173 e. The fourth-order valence-corrected chi connectivity index (χ4v) is 5.97. The average Bonchev–Trinajstić information content (AvgIpc) is 3.52. The number of hydrogen-bond acceptors (Lipinski definition) is 5. The standard InChI is InChI=1S/C33H40N2O4/c1-19(12-21-10-11-22-8-6-7-9-23(22)13-21)31(38)24-14-30(35-18-24)26-15-25(37)16-27(26)32(39)28(33(3,4)5)17-29(34)20(2)36/h6-11,13-14,18-19,25-28,34-35,37H,12,15-17H2,1-5H3/t19?,25-,26-,27?,28-/m1/s1. The van der Waals surface area contributed by atoms with E-state index >= 15 is 0 Å². The number of Topliss-reactive ketones (excluding diaryl/α,β-unsaturated/α-hetero) is 3. The lowest BCUT2D eigenvalue weighted by atomic mass is 9.70. The van der Waals surface area contributed by atoms with Crippen molar-refractivity contribution >= 4 is 33.8 Å². The molecule has 1 aliphatic carbocycles. The van der Waals surface area contributed by atoms with E-state index < -0.39 is 23.4 Å². The SMILES string of the molecule is CC(=O)C(=N)C[C@H](C(=O)C1C[C@H](O)C[C@H]1c1cc(C(=O)C(C)Cc2ccc3ccccc3c2)c[nH]1)C(C)(C)C. The zero-order chi connectivity index (χ0) is 28.5. The maximum atomic E-state index is 13.8. The monoisotopic (exact) mass is 528 g/mol. The van der Waals surface area contributed by atoms with Gasteiger partial charge in [-0.15, -0.1) is 0 Å². The minimum absolute atomic E-state index is 0.0257. The van der Waals surface area contributed by atoms with Crippen LogP contribution in [-0.2, 0) is 16.0 Å². The third-order valence-corrected chi connectivity index (χ3v) is 8.32. The Hall–Kier alpha value is -3.38. The molecule has 1 aliphatic rings. The number of rotatable bonds is 10. The van der Waals surface area contributed by atoms with Crippen molar-refractivity contribution in [3.05, 3.63) is 71.5 Å². The molecule has 2 aromatic carbocycles. The first-order chi connectivity index (χ1) is 18.3. The summed E-state index contributed by atoms with van der Waals surface area (Å²) >= 11 is 0.